The molecule has 0 atom stereocenters. The number of primary sulfonamides is 1. The quantitative estimate of drug-likeness (QED) is 0.633. The summed E-state index contributed by atoms with van der Waals surface area (Å²) in [6, 6.07) is 2.16. The smallest absolute Gasteiger partial charge is 0.229 e. The number of hydrogen-bond donors (Lipinski definition) is 1. The molecule has 0 aliphatic heterocycles. The number of sulfonamides is 1. The van der Waals surface area contributed by atoms with Gasteiger partial charge in [0.2, 0.25) is 10.0 Å². The van der Waals surface area contributed by atoms with Gasteiger partial charge in [-0.15, -0.1) is 0 Å². The monoisotopic (exact) mass is 359 g/mol. The zero-order chi connectivity index (χ0) is 12.5. The summed E-state index contributed by atoms with van der Waals surface area (Å²) in [6.07, 6.45) is -2.88. The molecule has 0 aliphatic rings. The number of alkyl halides is 2. The van der Waals surface area contributed by atoms with Gasteiger partial charge in [0, 0.05) is 0 Å². The van der Waals surface area contributed by atoms with Gasteiger partial charge in [-0.2, -0.15) is 5.26 Å². The zero-order valence-corrected chi connectivity index (χ0v) is 10.5. The fourth-order valence-electron chi connectivity index (χ4n) is 0.937. The summed E-state index contributed by atoms with van der Waals surface area (Å²) >= 11 is 1.49. The van der Waals surface area contributed by atoms with Crippen LogP contribution in [-0.4, -0.2) is 13.4 Å². The van der Waals surface area contributed by atoms with E-state index in [1.54, 1.807) is 0 Å². The van der Waals surface area contributed by atoms with E-state index in [0.717, 1.165) is 0 Å². The third-order valence-electron chi connectivity index (χ3n) is 1.62. The highest BCUT2D eigenvalue weighted by atomic mass is 127. The second-order valence-corrected chi connectivity index (χ2v) is 5.22. The molecule has 0 saturated carbocycles. The lowest BCUT2D eigenvalue weighted by Crippen LogP contribution is -2.16. The fraction of sp³-hybridized carbons (Fsp3) is 0.143. The number of pyridine rings is 1. The second-order valence-electron chi connectivity index (χ2n) is 2.67. The summed E-state index contributed by atoms with van der Waals surface area (Å²) < 4.78 is 46.9. The third-order valence-corrected chi connectivity index (χ3v) is 3.40. The van der Waals surface area contributed by atoms with Crippen molar-refractivity contribution in [2.24, 2.45) is 5.14 Å². The van der Waals surface area contributed by atoms with Crippen LogP contribution in [0.1, 0.15) is 17.7 Å². The molecule has 0 aromatic carbocycles. The second kappa shape index (κ2) is 4.56. The van der Waals surface area contributed by atoms with Crippen molar-refractivity contribution in [2.75, 3.05) is 0 Å². The number of aromatic nitrogens is 1. The minimum absolute atomic E-state index is 0.128. The Morgan fingerprint density at radius 2 is 2.12 bits per heavy atom. The molecule has 0 spiro atoms. The Bertz CT molecular complexity index is 568. The van der Waals surface area contributed by atoms with Gasteiger partial charge in [-0.25, -0.2) is 27.3 Å². The van der Waals surface area contributed by atoms with Gasteiger partial charge in [0.05, 0.1) is 5.56 Å². The van der Waals surface area contributed by atoms with Crippen molar-refractivity contribution < 1.29 is 17.2 Å². The van der Waals surface area contributed by atoms with Gasteiger partial charge in [0.15, 0.2) is 5.69 Å². The van der Waals surface area contributed by atoms with Crippen LogP contribution in [0.15, 0.2) is 11.0 Å². The van der Waals surface area contributed by atoms with Crippen LogP contribution in [0, 0.1) is 15.0 Å². The maximum atomic E-state index is 12.5. The lowest BCUT2D eigenvalue weighted by molar-refractivity contribution is 0.149. The van der Waals surface area contributed by atoms with E-state index < -0.39 is 32.6 Å². The normalized spacial score (nSPS) is 11.5. The van der Waals surface area contributed by atoms with Crippen LogP contribution < -0.4 is 5.14 Å². The molecule has 0 aliphatic carbocycles. The molecule has 1 aromatic heterocycles. The van der Waals surface area contributed by atoms with Gasteiger partial charge in [-0.3, -0.25) is 0 Å². The Labute approximate surface area is 103 Å². The minimum atomic E-state index is -4.24. The molecule has 0 amide bonds. The van der Waals surface area contributed by atoms with Crippen molar-refractivity contribution in [3.8, 4) is 6.07 Å². The molecule has 0 fully saturated rings. The molecule has 1 heterocycles. The lowest BCUT2D eigenvalue weighted by atomic mass is 10.2. The van der Waals surface area contributed by atoms with Crippen molar-refractivity contribution in [2.45, 2.75) is 11.3 Å². The molecule has 86 valence electrons. The van der Waals surface area contributed by atoms with Gasteiger partial charge in [0.1, 0.15) is 14.7 Å². The molecule has 0 bridgehead atoms. The molecule has 0 saturated heterocycles. The van der Waals surface area contributed by atoms with Crippen LogP contribution in [0.4, 0.5) is 8.78 Å². The molecule has 5 nitrogen and oxygen atoms in total. The topological polar surface area (TPSA) is 96.8 Å². The Balaban J connectivity index is 3.62. The molecule has 2 N–H and O–H groups in total. The van der Waals surface area contributed by atoms with Crippen LogP contribution in [-0.2, 0) is 10.0 Å². The average Bonchev–Trinajstić information content (AvgIpc) is 2.14. The number of nitriles is 1. The molecule has 0 unspecified atom stereocenters. The lowest BCUT2D eigenvalue weighted by Gasteiger charge is -2.06. The summed E-state index contributed by atoms with van der Waals surface area (Å²) in [6.45, 7) is 0. The van der Waals surface area contributed by atoms with Crippen LogP contribution >= 0.6 is 22.6 Å². The van der Waals surface area contributed by atoms with E-state index in [1.807, 2.05) is 0 Å². The van der Waals surface area contributed by atoms with Crippen LogP contribution in [0.5, 0.6) is 0 Å². The van der Waals surface area contributed by atoms with Gasteiger partial charge in [-0.1, -0.05) is 0 Å². The maximum Gasteiger partial charge on any atom is 0.266 e. The molecule has 0 radical (unpaired) electrons. The molecular formula is C7H4F2IN3O2S. The van der Waals surface area contributed by atoms with E-state index >= 15 is 0 Å². The van der Waals surface area contributed by atoms with Gasteiger partial charge in [-0.05, 0) is 28.7 Å². The van der Waals surface area contributed by atoms with Crippen molar-refractivity contribution in [1.29, 1.82) is 5.26 Å². The molecule has 9 heteroatoms. The van der Waals surface area contributed by atoms with Gasteiger partial charge < -0.3 is 0 Å². The highest BCUT2D eigenvalue weighted by Gasteiger charge is 2.22. The predicted molar refractivity (Wildman–Crippen MR) is 58.0 cm³/mol. The van der Waals surface area contributed by atoms with Crippen molar-refractivity contribution in [1.82, 2.24) is 4.98 Å². The summed E-state index contributed by atoms with van der Waals surface area (Å²) in [5.41, 5.74) is -1.06. The summed E-state index contributed by atoms with van der Waals surface area (Å²) in [5.74, 6) is 0. The first-order valence-electron chi connectivity index (χ1n) is 3.69. The average molecular weight is 359 g/mol. The van der Waals surface area contributed by atoms with Crippen LogP contribution in [0.3, 0.4) is 0 Å². The van der Waals surface area contributed by atoms with Crippen molar-refractivity contribution in [3.05, 3.63) is 21.0 Å². The van der Waals surface area contributed by atoms with Crippen molar-refractivity contribution >= 4 is 32.6 Å². The SMILES string of the molecule is N#Cc1nc(I)c(C(F)F)cc1S(N)(=O)=O. The van der Waals surface area contributed by atoms with Crippen molar-refractivity contribution in [3.63, 3.8) is 0 Å². The Kier molecular flexibility index (Phi) is 3.76. The van der Waals surface area contributed by atoms with Crippen LogP contribution in [0.25, 0.3) is 0 Å². The number of nitrogens with two attached hydrogens (primary N) is 1. The molecular weight excluding hydrogens is 355 g/mol. The van der Waals surface area contributed by atoms with E-state index in [1.165, 1.54) is 28.7 Å². The Morgan fingerprint density at radius 1 is 1.56 bits per heavy atom. The van der Waals surface area contributed by atoms with E-state index in [2.05, 4.69) is 4.98 Å². The summed E-state index contributed by atoms with van der Waals surface area (Å²) in [5, 5.41) is 13.4. The number of rotatable bonds is 2. The highest BCUT2D eigenvalue weighted by Crippen LogP contribution is 2.26. The maximum absolute atomic E-state index is 12.5. The summed E-state index contributed by atoms with van der Waals surface area (Å²) in [4.78, 5) is 2.78. The van der Waals surface area contributed by atoms with Gasteiger partial charge in [0.25, 0.3) is 6.43 Å². The molecule has 16 heavy (non-hydrogen) atoms. The minimum Gasteiger partial charge on any atom is -0.229 e. The number of hydrogen-bond acceptors (Lipinski definition) is 4. The zero-order valence-electron chi connectivity index (χ0n) is 7.49. The van der Waals surface area contributed by atoms with E-state index in [0.29, 0.717) is 6.07 Å². The number of halogens is 3. The van der Waals surface area contributed by atoms with E-state index in [-0.39, 0.29) is 3.70 Å². The Hall–Kier alpha value is -0.860. The first kappa shape index (κ1) is 13.2. The predicted octanol–water partition coefficient (Wildman–Crippen LogP) is 1.14. The Morgan fingerprint density at radius 3 is 2.50 bits per heavy atom. The van der Waals surface area contributed by atoms with Crippen LogP contribution in [0.2, 0.25) is 0 Å². The molecule has 1 rings (SSSR count). The van der Waals surface area contributed by atoms with E-state index in [4.69, 9.17) is 10.4 Å². The van der Waals surface area contributed by atoms with E-state index in [9.17, 15) is 17.2 Å². The molecule has 1 aromatic rings. The number of nitrogens with zero attached hydrogens (tertiary/aromatic N) is 2. The van der Waals surface area contributed by atoms with Gasteiger partial charge >= 0.3 is 0 Å². The first-order valence-corrected chi connectivity index (χ1v) is 6.31. The standard InChI is InChI=1S/C7H4F2IN3O2S/c8-6(9)3-1-5(16(12,14)15)4(2-11)13-7(3)10/h1,6H,(H2,12,14,15). The fourth-order valence-corrected chi connectivity index (χ4v) is 2.22. The first-order chi connectivity index (χ1) is 7.27. The summed E-state index contributed by atoms with van der Waals surface area (Å²) in [7, 11) is -4.24. The third kappa shape index (κ3) is 2.63. The highest BCUT2D eigenvalue weighted by molar-refractivity contribution is 14.1. The largest absolute Gasteiger partial charge is 0.266 e.